The van der Waals surface area contributed by atoms with Gasteiger partial charge in [-0.2, -0.15) is 5.10 Å². The summed E-state index contributed by atoms with van der Waals surface area (Å²) < 4.78 is 1.50. The van der Waals surface area contributed by atoms with Crippen LogP contribution >= 0.6 is 0 Å². The van der Waals surface area contributed by atoms with E-state index in [1.165, 1.54) is 10.9 Å². The lowest BCUT2D eigenvalue weighted by molar-refractivity contribution is -0.116. The predicted octanol–water partition coefficient (Wildman–Crippen LogP) is 3.10. The molecule has 4 rings (SSSR count). The molecule has 0 fully saturated rings. The summed E-state index contributed by atoms with van der Waals surface area (Å²) in [5.41, 5.74) is 2.49. The molecule has 6 nitrogen and oxygen atoms in total. The van der Waals surface area contributed by atoms with E-state index in [2.05, 4.69) is 15.4 Å². The van der Waals surface area contributed by atoms with Gasteiger partial charge < -0.3 is 5.32 Å². The second kappa shape index (κ2) is 7.21. The van der Waals surface area contributed by atoms with Gasteiger partial charge in [0.1, 0.15) is 12.4 Å². The minimum atomic E-state index is -0.267. The molecule has 0 bridgehead atoms. The molecule has 2 aromatic carbocycles. The van der Waals surface area contributed by atoms with Crippen LogP contribution in [0.1, 0.15) is 0 Å². The third-order valence-electron chi connectivity index (χ3n) is 4.19. The number of carbonyl (C=O) groups excluding carboxylic acids is 1. The van der Waals surface area contributed by atoms with Crippen molar-refractivity contribution >= 4 is 22.6 Å². The summed E-state index contributed by atoms with van der Waals surface area (Å²) in [6.45, 7) is -0.0110. The Labute approximate surface area is 155 Å². The van der Waals surface area contributed by atoms with E-state index in [0.717, 1.165) is 11.1 Å². The Morgan fingerprint density at radius 2 is 1.67 bits per heavy atom. The third-order valence-corrected chi connectivity index (χ3v) is 4.19. The largest absolute Gasteiger partial charge is 0.309 e. The van der Waals surface area contributed by atoms with Crippen LogP contribution < -0.4 is 10.7 Å². The maximum atomic E-state index is 12.4. The van der Waals surface area contributed by atoms with E-state index in [0.29, 0.717) is 16.7 Å². The van der Waals surface area contributed by atoms with Crippen molar-refractivity contribution in [1.29, 1.82) is 0 Å². The van der Waals surface area contributed by atoms with E-state index in [1.54, 1.807) is 30.5 Å². The summed E-state index contributed by atoms with van der Waals surface area (Å²) in [6, 6.07) is 20.6. The predicted molar refractivity (Wildman–Crippen MR) is 104 cm³/mol. The zero-order chi connectivity index (χ0) is 18.6. The van der Waals surface area contributed by atoms with Gasteiger partial charge >= 0.3 is 0 Å². The molecule has 0 atom stereocenters. The van der Waals surface area contributed by atoms with Gasteiger partial charge in [-0.3, -0.25) is 14.3 Å². The Morgan fingerprint density at radius 1 is 0.889 bits per heavy atom. The van der Waals surface area contributed by atoms with Crippen LogP contribution in [0.25, 0.3) is 22.0 Å². The number of nitrogens with one attached hydrogen (secondary N) is 1. The quantitative estimate of drug-likeness (QED) is 0.610. The highest BCUT2D eigenvalue weighted by atomic mass is 16.2. The van der Waals surface area contributed by atoms with Crippen LogP contribution in [0.5, 0.6) is 0 Å². The third kappa shape index (κ3) is 3.59. The van der Waals surface area contributed by atoms with Crippen LogP contribution in [0.2, 0.25) is 0 Å². The zero-order valence-electron chi connectivity index (χ0n) is 14.4. The van der Waals surface area contributed by atoms with Crippen molar-refractivity contribution in [2.24, 2.45) is 0 Å². The molecule has 2 heterocycles. The van der Waals surface area contributed by atoms with Gasteiger partial charge in [0.2, 0.25) is 11.3 Å². The van der Waals surface area contributed by atoms with Gasteiger partial charge in [0.05, 0.1) is 11.7 Å². The Morgan fingerprint density at radius 3 is 2.44 bits per heavy atom. The van der Waals surface area contributed by atoms with Crippen LogP contribution in [0, 0.1) is 0 Å². The molecule has 0 spiro atoms. The summed E-state index contributed by atoms with van der Waals surface area (Å²) in [7, 11) is 0. The maximum Gasteiger partial charge on any atom is 0.247 e. The molecule has 1 N–H and O–H groups in total. The second-order valence-electron chi connectivity index (χ2n) is 6.03. The molecule has 1 amide bonds. The summed E-state index contributed by atoms with van der Waals surface area (Å²) in [5.74, 6) is 0.196. The van der Waals surface area contributed by atoms with Crippen LogP contribution in [0.15, 0.2) is 83.9 Å². The zero-order valence-corrected chi connectivity index (χ0v) is 14.4. The molecule has 27 heavy (non-hydrogen) atoms. The van der Waals surface area contributed by atoms with Crippen molar-refractivity contribution in [2.45, 2.75) is 6.54 Å². The number of anilines is 1. The molecule has 0 saturated carbocycles. The Balaban J connectivity index is 1.50. The number of hydrogen-bond donors (Lipinski definition) is 1. The minimum absolute atomic E-state index is 0.0110. The van der Waals surface area contributed by atoms with Crippen LogP contribution in [0.3, 0.4) is 0 Å². The molecule has 132 valence electrons. The lowest BCUT2D eigenvalue weighted by Gasteiger charge is -2.10. The lowest BCUT2D eigenvalue weighted by atomic mass is 10.1. The molecule has 0 saturated heterocycles. The van der Waals surface area contributed by atoms with Crippen molar-refractivity contribution in [2.75, 3.05) is 5.32 Å². The fraction of sp³-hybridized carbons (Fsp3) is 0.0476. The van der Waals surface area contributed by atoms with Crippen molar-refractivity contribution < 1.29 is 4.79 Å². The summed E-state index contributed by atoms with van der Waals surface area (Å²) in [6.07, 6.45) is 2.94. The van der Waals surface area contributed by atoms with Crippen molar-refractivity contribution in [1.82, 2.24) is 14.8 Å². The smallest absolute Gasteiger partial charge is 0.247 e. The molecule has 0 aliphatic rings. The van der Waals surface area contributed by atoms with Crippen molar-refractivity contribution in [3.8, 4) is 11.1 Å². The number of rotatable bonds is 4. The van der Waals surface area contributed by atoms with E-state index < -0.39 is 0 Å². The highest BCUT2D eigenvalue weighted by molar-refractivity contribution is 5.90. The number of fused-ring (bicyclic) bond motifs is 1. The number of amides is 1. The first-order chi connectivity index (χ1) is 13.2. The molecular weight excluding hydrogens is 340 g/mol. The number of nitrogens with zero attached hydrogens (tertiary/aromatic N) is 3. The van der Waals surface area contributed by atoms with Gasteiger partial charge in [-0.05, 0) is 29.8 Å². The number of aromatic nitrogens is 3. The van der Waals surface area contributed by atoms with Gasteiger partial charge in [0, 0.05) is 17.1 Å². The molecule has 0 aliphatic carbocycles. The molecule has 0 aliphatic heterocycles. The topological polar surface area (TPSA) is 76.9 Å². The molecule has 4 aromatic rings. The summed E-state index contributed by atoms with van der Waals surface area (Å²) in [4.78, 5) is 28.5. The summed E-state index contributed by atoms with van der Waals surface area (Å²) >= 11 is 0. The van der Waals surface area contributed by atoms with Crippen LogP contribution in [-0.2, 0) is 11.3 Å². The van der Waals surface area contributed by atoms with Gasteiger partial charge in [-0.1, -0.05) is 42.5 Å². The van der Waals surface area contributed by atoms with E-state index in [-0.39, 0.29) is 17.9 Å². The van der Waals surface area contributed by atoms with Gasteiger partial charge in [0.25, 0.3) is 0 Å². The Bertz CT molecular complexity index is 1150. The van der Waals surface area contributed by atoms with Crippen molar-refractivity contribution in [3.63, 3.8) is 0 Å². The lowest BCUT2D eigenvalue weighted by Crippen LogP contribution is -2.22. The highest BCUT2D eigenvalue weighted by Crippen LogP contribution is 2.19. The molecule has 0 unspecified atom stereocenters. The van der Waals surface area contributed by atoms with Gasteiger partial charge in [-0.25, -0.2) is 4.98 Å². The number of carbonyl (C=O) groups is 1. The normalized spacial score (nSPS) is 10.7. The van der Waals surface area contributed by atoms with E-state index >= 15 is 0 Å². The fourth-order valence-electron chi connectivity index (χ4n) is 2.87. The average molecular weight is 356 g/mol. The maximum absolute atomic E-state index is 12.4. The fourth-order valence-corrected chi connectivity index (χ4v) is 2.87. The number of pyridine rings is 1. The van der Waals surface area contributed by atoms with E-state index in [9.17, 15) is 9.59 Å². The second-order valence-corrected chi connectivity index (χ2v) is 6.03. The summed E-state index contributed by atoms with van der Waals surface area (Å²) in [5, 5.41) is 7.36. The standard InChI is InChI=1S/C21H16N4O2/c26-19-13-23-25(18-9-5-4-8-17(18)19)14-21(27)24-20-11-10-16(12-22-20)15-6-2-1-3-7-15/h1-13H,14H2,(H,22,24,27). The molecule has 0 radical (unpaired) electrons. The highest BCUT2D eigenvalue weighted by Gasteiger charge is 2.09. The van der Waals surface area contributed by atoms with Crippen LogP contribution in [0.4, 0.5) is 5.82 Å². The van der Waals surface area contributed by atoms with E-state index in [4.69, 9.17) is 0 Å². The minimum Gasteiger partial charge on any atom is -0.309 e. The van der Waals surface area contributed by atoms with Gasteiger partial charge in [-0.15, -0.1) is 0 Å². The first kappa shape index (κ1) is 16.7. The van der Waals surface area contributed by atoms with E-state index in [1.807, 2.05) is 42.5 Å². The molecule has 6 heteroatoms. The van der Waals surface area contributed by atoms with Crippen LogP contribution in [-0.4, -0.2) is 20.7 Å². The Hall–Kier alpha value is -3.80. The molecule has 2 aromatic heterocycles. The number of para-hydroxylation sites is 1. The van der Waals surface area contributed by atoms with Gasteiger partial charge in [0.15, 0.2) is 0 Å². The first-order valence-corrected chi connectivity index (χ1v) is 8.47. The first-order valence-electron chi connectivity index (χ1n) is 8.47. The SMILES string of the molecule is O=C(Cn1ncc(=O)c2ccccc21)Nc1ccc(-c2ccccc2)cn1. The average Bonchev–Trinajstić information content (AvgIpc) is 2.71. The number of hydrogen-bond acceptors (Lipinski definition) is 4. The number of benzene rings is 2. The monoisotopic (exact) mass is 356 g/mol. The van der Waals surface area contributed by atoms with Crippen molar-refractivity contribution in [3.05, 3.63) is 89.3 Å². The molecular formula is C21H16N4O2. The Kier molecular flexibility index (Phi) is 4.45.